The second kappa shape index (κ2) is 8.67. The summed E-state index contributed by atoms with van der Waals surface area (Å²) >= 11 is 0. The molecule has 1 saturated heterocycles. The Morgan fingerprint density at radius 2 is 1.59 bits per heavy atom. The smallest absolute Gasteiger partial charge is 0.274 e. The van der Waals surface area contributed by atoms with E-state index in [1.54, 1.807) is 4.68 Å². The summed E-state index contributed by atoms with van der Waals surface area (Å²) in [6, 6.07) is 24.2. The van der Waals surface area contributed by atoms with Gasteiger partial charge in [0, 0.05) is 17.8 Å². The van der Waals surface area contributed by atoms with Gasteiger partial charge in [0.15, 0.2) is 0 Å². The highest BCUT2D eigenvalue weighted by molar-refractivity contribution is 6.00. The highest BCUT2D eigenvalue weighted by Crippen LogP contribution is 2.26. The van der Waals surface area contributed by atoms with Crippen molar-refractivity contribution in [1.82, 2.24) is 14.7 Å². The fraction of sp³-hybridized carbons (Fsp3) is 0.192. The Bertz CT molecular complexity index is 1190. The highest BCUT2D eigenvalue weighted by Gasteiger charge is 2.29. The summed E-state index contributed by atoms with van der Waals surface area (Å²) < 4.78 is 1.80. The van der Waals surface area contributed by atoms with Crippen LogP contribution in [0, 0.1) is 6.92 Å². The molecule has 0 radical (unpaired) electrons. The number of pyridine rings is 1. The highest BCUT2D eigenvalue weighted by atomic mass is 16.2. The molecule has 0 unspecified atom stereocenters. The Balaban J connectivity index is 1.43. The molecule has 6 nitrogen and oxygen atoms in total. The number of hydrogen-bond donors (Lipinski definition) is 0. The lowest BCUT2D eigenvalue weighted by Gasteiger charge is -2.30. The van der Waals surface area contributed by atoms with Crippen molar-refractivity contribution in [3.05, 3.63) is 96.3 Å². The van der Waals surface area contributed by atoms with E-state index in [4.69, 9.17) is 5.10 Å². The molecular weight excluding hydrogens is 398 g/mol. The molecule has 1 aliphatic rings. The maximum absolute atomic E-state index is 13.6. The molecule has 1 fully saturated rings. The Kier molecular flexibility index (Phi) is 5.42. The van der Waals surface area contributed by atoms with E-state index < -0.39 is 0 Å². The fourth-order valence-corrected chi connectivity index (χ4v) is 4.07. The van der Waals surface area contributed by atoms with Crippen LogP contribution in [0.3, 0.4) is 0 Å². The number of benzene rings is 2. The maximum atomic E-state index is 13.6. The second-order valence-electron chi connectivity index (χ2n) is 8.06. The molecule has 4 aromatic rings. The molecule has 1 aliphatic heterocycles. The van der Waals surface area contributed by atoms with E-state index in [1.807, 2.05) is 71.9 Å². The van der Waals surface area contributed by atoms with E-state index in [0.29, 0.717) is 18.7 Å². The van der Waals surface area contributed by atoms with Crippen molar-refractivity contribution in [2.24, 2.45) is 0 Å². The van der Waals surface area contributed by atoms with Crippen LogP contribution in [0.4, 0.5) is 5.82 Å². The van der Waals surface area contributed by atoms with E-state index in [0.717, 1.165) is 35.9 Å². The number of amides is 1. The Hall–Kier alpha value is -3.93. The van der Waals surface area contributed by atoms with Gasteiger partial charge in [0.1, 0.15) is 18.8 Å². The monoisotopic (exact) mass is 424 g/mol. The number of rotatable bonds is 4. The van der Waals surface area contributed by atoms with Crippen molar-refractivity contribution < 1.29 is 9.78 Å². The lowest BCUT2D eigenvalue weighted by molar-refractivity contribution is -0.364. The third-order valence-corrected chi connectivity index (χ3v) is 5.89. The first kappa shape index (κ1) is 20.0. The average Bonchev–Trinajstić information content (AvgIpc) is 3.31. The molecule has 0 aliphatic carbocycles. The van der Waals surface area contributed by atoms with Crippen LogP contribution in [0.1, 0.15) is 15.9 Å². The number of aromatic amines is 1. The number of nitrogens with zero attached hydrogens (tertiary/aromatic N) is 4. The van der Waals surface area contributed by atoms with Crippen LogP contribution < -0.4 is 9.88 Å². The van der Waals surface area contributed by atoms with Crippen molar-refractivity contribution in [1.29, 1.82) is 0 Å². The third kappa shape index (κ3) is 3.99. The standard InChI is InChI=1S/C26H25N5O/c1-20-10-12-21(13-11-20)25-23(19-31(28-25)22-7-3-2-4-8-22)26(32)30-17-15-29(16-18-30)24-9-5-6-14-27-24/h2-14,19H,15-18H2,1H3/p+1. The van der Waals surface area contributed by atoms with Gasteiger partial charge in [-0.3, -0.25) is 9.69 Å². The molecule has 32 heavy (non-hydrogen) atoms. The Morgan fingerprint density at radius 3 is 2.28 bits per heavy atom. The van der Waals surface area contributed by atoms with Crippen molar-refractivity contribution in [2.75, 3.05) is 31.1 Å². The van der Waals surface area contributed by atoms with Crippen LogP contribution in [-0.2, 0) is 0 Å². The number of para-hydroxylation sites is 1. The van der Waals surface area contributed by atoms with Gasteiger partial charge in [-0.25, -0.2) is 9.67 Å². The van der Waals surface area contributed by atoms with Crippen LogP contribution in [0.25, 0.3) is 16.9 Å². The minimum atomic E-state index is 0.0273. The molecule has 1 N–H and O–H groups in total. The zero-order valence-corrected chi connectivity index (χ0v) is 18.1. The third-order valence-electron chi connectivity index (χ3n) is 5.89. The molecule has 6 heteroatoms. The second-order valence-corrected chi connectivity index (χ2v) is 8.06. The lowest BCUT2D eigenvalue weighted by Crippen LogP contribution is -2.50. The van der Waals surface area contributed by atoms with E-state index in [9.17, 15) is 4.79 Å². The molecule has 0 atom stereocenters. The molecule has 0 spiro atoms. The number of carbonyl (C=O) groups is 1. The van der Waals surface area contributed by atoms with E-state index in [-0.39, 0.29) is 5.91 Å². The van der Waals surface area contributed by atoms with Crippen molar-refractivity contribution in [2.45, 2.75) is 6.92 Å². The number of anilines is 1. The summed E-state index contributed by atoms with van der Waals surface area (Å²) in [7, 11) is 0. The molecule has 5 rings (SSSR count). The van der Waals surface area contributed by atoms with Crippen LogP contribution in [0.15, 0.2) is 85.2 Å². The maximum Gasteiger partial charge on any atom is 0.274 e. The molecule has 3 heterocycles. The molecule has 2 aromatic carbocycles. The number of H-pyrrole nitrogens is 1. The van der Waals surface area contributed by atoms with Crippen LogP contribution in [0.5, 0.6) is 0 Å². The first-order valence-electron chi connectivity index (χ1n) is 10.9. The Labute approximate surface area is 187 Å². The number of nitrogens with one attached hydrogen (secondary N) is 1. The lowest BCUT2D eigenvalue weighted by atomic mass is 10.1. The fourth-order valence-electron chi connectivity index (χ4n) is 4.07. The first-order chi connectivity index (χ1) is 15.7. The topological polar surface area (TPSA) is 55.5 Å². The SMILES string of the molecule is Cc1ccc(-c2nn(-c3ccccc3)cc2C(=O)N2CCN(c3cccc[nH+]3)CC2)cc1. The zero-order valence-electron chi connectivity index (χ0n) is 18.1. The number of aromatic nitrogens is 3. The van der Waals surface area contributed by atoms with Crippen molar-refractivity contribution in [3.63, 3.8) is 0 Å². The minimum Gasteiger partial charge on any atom is -0.331 e. The van der Waals surface area contributed by atoms with Crippen molar-refractivity contribution in [3.8, 4) is 16.9 Å². The predicted octanol–water partition coefficient (Wildman–Crippen LogP) is 3.62. The molecule has 0 saturated carbocycles. The predicted molar refractivity (Wildman–Crippen MR) is 125 cm³/mol. The van der Waals surface area contributed by atoms with Gasteiger partial charge in [-0.05, 0) is 25.1 Å². The number of aryl methyl sites for hydroxylation is 1. The molecular formula is C26H26N5O+. The molecule has 0 bridgehead atoms. The molecule has 160 valence electrons. The van der Waals surface area contributed by atoms with E-state index in [1.165, 1.54) is 5.56 Å². The Morgan fingerprint density at radius 1 is 0.875 bits per heavy atom. The quantitative estimate of drug-likeness (QED) is 0.503. The number of carbonyl (C=O) groups excluding carboxylic acids is 1. The number of piperazine rings is 1. The number of hydrogen-bond acceptors (Lipinski definition) is 3. The largest absolute Gasteiger partial charge is 0.331 e. The summed E-state index contributed by atoms with van der Waals surface area (Å²) in [5.74, 6) is 1.11. The van der Waals surface area contributed by atoms with E-state index in [2.05, 4.69) is 35.0 Å². The zero-order chi connectivity index (χ0) is 21.9. The summed E-state index contributed by atoms with van der Waals surface area (Å²) in [6.07, 6.45) is 3.79. The van der Waals surface area contributed by atoms with Gasteiger partial charge >= 0.3 is 0 Å². The summed E-state index contributed by atoms with van der Waals surface area (Å²) in [6.45, 7) is 4.98. The van der Waals surface area contributed by atoms with Crippen LogP contribution >= 0.6 is 0 Å². The summed E-state index contributed by atoms with van der Waals surface area (Å²) in [5.41, 5.74) is 4.42. The van der Waals surface area contributed by atoms with Gasteiger partial charge in [0.2, 0.25) is 0 Å². The average molecular weight is 425 g/mol. The van der Waals surface area contributed by atoms with E-state index >= 15 is 0 Å². The molecule has 2 aromatic heterocycles. The van der Waals surface area contributed by atoms with Crippen LogP contribution in [-0.4, -0.2) is 46.8 Å². The minimum absolute atomic E-state index is 0.0273. The van der Waals surface area contributed by atoms with Crippen molar-refractivity contribution >= 4 is 11.7 Å². The van der Waals surface area contributed by atoms with Gasteiger partial charge in [-0.15, -0.1) is 0 Å². The van der Waals surface area contributed by atoms with Gasteiger partial charge in [0.25, 0.3) is 11.7 Å². The summed E-state index contributed by atoms with van der Waals surface area (Å²) in [4.78, 5) is 21.1. The van der Waals surface area contributed by atoms with Gasteiger partial charge in [0.05, 0.1) is 30.5 Å². The van der Waals surface area contributed by atoms with Gasteiger partial charge < -0.3 is 4.90 Å². The first-order valence-corrected chi connectivity index (χ1v) is 10.9. The van der Waals surface area contributed by atoms with Crippen LogP contribution in [0.2, 0.25) is 0 Å². The molecule has 1 amide bonds. The van der Waals surface area contributed by atoms with Gasteiger partial charge in [-0.1, -0.05) is 54.1 Å². The van der Waals surface area contributed by atoms with Gasteiger partial charge in [-0.2, -0.15) is 5.10 Å². The summed E-state index contributed by atoms with van der Waals surface area (Å²) in [5, 5.41) is 4.81. The normalized spacial score (nSPS) is 13.9.